The number of alkyl halides is 1. The second kappa shape index (κ2) is 6.55. The summed E-state index contributed by atoms with van der Waals surface area (Å²) in [6, 6.07) is 0. The van der Waals surface area contributed by atoms with E-state index in [9.17, 15) is 4.39 Å². The van der Waals surface area contributed by atoms with Crippen LogP contribution < -0.4 is 5.73 Å². The van der Waals surface area contributed by atoms with Crippen LogP contribution in [0.25, 0.3) is 0 Å². The van der Waals surface area contributed by atoms with Gasteiger partial charge in [0, 0.05) is 13.1 Å². The molecule has 2 N–H and O–H groups in total. The van der Waals surface area contributed by atoms with Gasteiger partial charge in [-0.25, -0.2) is 4.39 Å². The largest absolute Gasteiger partial charge is 0.330 e. The average Bonchev–Trinajstić information content (AvgIpc) is 2.03. The first-order chi connectivity index (χ1) is 5.24. The fourth-order valence-electron chi connectivity index (χ4n) is 1.01. The maximum absolute atomic E-state index is 11.9. The summed E-state index contributed by atoms with van der Waals surface area (Å²) in [5, 5.41) is 0. The van der Waals surface area contributed by atoms with Crippen LogP contribution in [0.5, 0.6) is 0 Å². The molecule has 0 rings (SSSR count). The maximum atomic E-state index is 11.9. The van der Waals surface area contributed by atoms with Crippen molar-refractivity contribution in [2.45, 2.75) is 13.8 Å². The lowest BCUT2D eigenvalue weighted by Gasteiger charge is -2.21. The molecule has 3 heteroatoms. The summed E-state index contributed by atoms with van der Waals surface area (Å²) in [4.78, 5) is 2.08. The van der Waals surface area contributed by atoms with Crippen LogP contribution in [0.3, 0.4) is 0 Å². The predicted octanol–water partition coefficient (Wildman–Crippen LogP) is 0.873. The van der Waals surface area contributed by atoms with Gasteiger partial charge in [-0.3, -0.25) is 0 Å². The minimum absolute atomic E-state index is 0.259. The number of halogens is 1. The molecule has 11 heavy (non-hydrogen) atoms. The summed E-state index contributed by atoms with van der Waals surface area (Å²) >= 11 is 0. The molecule has 0 amide bonds. The van der Waals surface area contributed by atoms with E-state index in [0.717, 1.165) is 13.1 Å². The van der Waals surface area contributed by atoms with Gasteiger partial charge in [0.2, 0.25) is 0 Å². The van der Waals surface area contributed by atoms with E-state index in [0.29, 0.717) is 19.0 Å². The van der Waals surface area contributed by atoms with E-state index in [1.165, 1.54) is 0 Å². The second-order valence-electron chi connectivity index (χ2n) is 2.92. The molecule has 1 unspecified atom stereocenters. The van der Waals surface area contributed by atoms with Crippen LogP contribution in [-0.4, -0.2) is 37.8 Å². The Morgan fingerprint density at radius 1 is 1.55 bits per heavy atom. The van der Waals surface area contributed by atoms with Crippen molar-refractivity contribution in [1.82, 2.24) is 4.90 Å². The Bertz CT molecular complexity index is 88.2. The Labute approximate surface area is 68.6 Å². The van der Waals surface area contributed by atoms with E-state index in [-0.39, 0.29) is 6.67 Å². The average molecular weight is 162 g/mol. The molecule has 0 radical (unpaired) electrons. The molecular weight excluding hydrogens is 143 g/mol. The van der Waals surface area contributed by atoms with Crippen molar-refractivity contribution in [2.75, 3.05) is 32.9 Å². The quantitative estimate of drug-likeness (QED) is 0.628. The summed E-state index contributed by atoms with van der Waals surface area (Å²) in [6.45, 7) is 6.92. The first-order valence-electron chi connectivity index (χ1n) is 4.23. The zero-order valence-corrected chi connectivity index (χ0v) is 7.52. The van der Waals surface area contributed by atoms with Crippen molar-refractivity contribution in [1.29, 1.82) is 0 Å². The third-order valence-corrected chi connectivity index (χ3v) is 1.82. The third kappa shape index (κ3) is 5.16. The van der Waals surface area contributed by atoms with Crippen molar-refractivity contribution < 1.29 is 4.39 Å². The zero-order valence-electron chi connectivity index (χ0n) is 7.52. The lowest BCUT2D eigenvalue weighted by atomic mass is 10.2. The molecule has 0 heterocycles. The molecule has 2 nitrogen and oxygen atoms in total. The van der Waals surface area contributed by atoms with Crippen LogP contribution in [0.15, 0.2) is 0 Å². The van der Waals surface area contributed by atoms with Crippen LogP contribution in [0.2, 0.25) is 0 Å². The molecule has 0 aliphatic rings. The molecule has 68 valence electrons. The zero-order chi connectivity index (χ0) is 8.69. The van der Waals surface area contributed by atoms with Gasteiger partial charge in [0.1, 0.15) is 6.67 Å². The lowest BCUT2D eigenvalue weighted by molar-refractivity contribution is 0.230. The third-order valence-electron chi connectivity index (χ3n) is 1.82. The van der Waals surface area contributed by atoms with Crippen molar-refractivity contribution >= 4 is 0 Å². The Morgan fingerprint density at radius 3 is 2.55 bits per heavy atom. The molecule has 0 bridgehead atoms. The van der Waals surface area contributed by atoms with Crippen LogP contribution in [-0.2, 0) is 0 Å². The number of nitrogens with zero attached hydrogens (tertiary/aromatic N) is 1. The monoisotopic (exact) mass is 162 g/mol. The molecule has 0 aromatic rings. The molecule has 0 aliphatic carbocycles. The van der Waals surface area contributed by atoms with E-state index in [2.05, 4.69) is 11.8 Å². The van der Waals surface area contributed by atoms with E-state index in [4.69, 9.17) is 5.73 Å². The Kier molecular flexibility index (Phi) is 6.46. The molecule has 0 aromatic carbocycles. The summed E-state index contributed by atoms with van der Waals surface area (Å²) in [5.74, 6) is 0.474. The standard InChI is InChI=1S/C8H19FN2/c1-3-11(5-4-9)7-8(2)6-10/h8H,3-7,10H2,1-2H3. The molecule has 0 aromatic heterocycles. The highest BCUT2D eigenvalue weighted by atomic mass is 19.1. The fourth-order valence-corrected chi connectivity index (χ4v) is 1.01. The summed E-state index contributed by atoms with van der Waals surface area (Å²) in [7, 11) is 0. The predicted molar refractivity (Wildman–Crippen MR) is 46.3 cm³/mol. The van der Waals surface area contributed by atoms with E-state index < -0.39 is 0 Å². The van der Waals surface area contributed by atoms with Crippen LogP contribution in [0.1, 0.15) is 13.8 Å². The topological polar surface area (TPSA) is 29.3 Å². The van der Waals surface area contributed by atoms with E-state index in [1.807, 2.05) is 6.92 Å². The minimum Gasteiger partial charge on any atom is -0.330 e. The van der Waals surface area contributed by atoms with E-state index in [1.54, 1.807) is 0 Å². The first-order valence-corrected chi connectivity index (χ1v) is 4.23. The first kappa shape index (κ1) is 10.8. The molecule has 0 saturated heterocycles. The maximum Gasteiger partial charge on any atom is 0.102 e. The van der Waals surface area contributed by atoms with Crippen LogP contribution in [0.4, 0.5) is 4.39 Å². The van der Waals surface area contributed by atoms with Gasteiger partial charge in [0.25, 0.3) is 0 Å². The number of rotatable bonds is 6. The van der Waals surface area contributed by atoms with Gasteiger partial charge in [-0.15, -0.1) is 0 Å². The van der Waals surface area contributed by atoms with Gasteiger partial charge in [0.15, 0.2) is 0 Å². The van der Waals surface area contributed by atoms with E-state index >= 15 is 0 Å². The van der Waals surface area contributed by atoms with Crippen molar-refractivity contribution in [3.05, 3.63) is 0 Å². The molecule has 0 aliphatic heterocycles. The van der Waals surface area contributed by atoms with Crippen molar-refractivity contribution in [3.8, 4) is 0 Å². The highest BCUT2D eigenvalue weighted by Gasteiger charge is 2.05. The fraction of sp³-hybridized carbons (Fsp3) is 1.00. The van der Waals surface area contributed by atoms with Gasteiger partial charge in [0.05, 0.1) is 0 Å². The summed E-state index contributed by atoms with van der Waals surface area (Å²) in [6.07, 6.45) is 0. The number of hydrogen-bond acceptors (Lipinski definition) is 2. The Hall–Kier alpha value is -0.150. The van der Waals surface area contributed by atoms with Gasteiger partial charge < -0.3 is 10.6 Å². The Balaban J connectivity index is 3.49. The van der Waals surface area contributed by atoms with Gasteiger partial charge in [-0.1, -0.05) is 13.8 Å². The highest BCUT2D eigenvalue weighted by molar-refractivity contribution is 4.61. The SMILES string of the molecule is CCN(CCF)CC(C)CN. The van der Waals surface area contributed by atoms with Gasteiger partial charge >= 0.3 is 0 Å². The summed E-state index contributed by atoms with van der Waals surface area (Å²) in [5.41, 5.74) is 5.45. The molecule has 0 saturated carbocycles. The van der Waals surface area contributed by atoms with Crippen LogP contribution >= 0.6 is 0 Å². The number of hydrogen-bond donors (Lipinski definition) is 1. The smallest absolute Gasteiger partial charge is 0.102 e. The molecule has 0 spiro atoms. The van der Waals surface area contributed by atoms with Crippen molar-refractivity contribution in [3.63, 3.8) is 0 Å². The lowest BCUT2D eigenvalue weighted by Crippen LogP contribution is -2.33. The normalized spacial score (nSPS) is 13.9. The molecular formula is C8H19FN2. The van der Waals surface area contributed by atoms with Gasteiger partial charge in [-0.2, -0.15) is 0 Å². The Morgan fingerprint density at radius 2 is 2.18 bits per heavy atom. The second-order valence-corrected chi connectivity index (χ2v) is 2.92. The molecule has 0 fully saturated rings. The van der Waals surface area contributed by atoms with Crippen molar-refractivity contribution in [2.24, 2.45) is 11.7 Å². The van der Waals surface area contributed by atoms with Crippen LogP contribution in [0, 0.1) is 5.92 Å². The molecule has 1 atom stereocenters. The van der Waals surface area contributed by atoms with Gasteiger partial charge in [-0.05, 0) is 19.0 Å². The number of nitrogens with two attached hydrogens (primary N) is 1. The highest BCUT2D eigenvalue weighted by Crippen LogP contribution is 1.97. The summed E-state index contributed by atoms with van der Waals surface area (Å²) < 4.78 is 11.9. The minimum atomic E-state index is -0.259.